The van der Waals surface area contributed by atoms with E-state index in [-0.39, 0.29) is 18.0 Å². The molecule has 1 aromatic rings. The van der Waals surface area contributed by atoms with Gasteiger partial charge in [0.05, 0.1) is 12.3 Å². The summed E-state index contributed by atoms with van der Waals surface area (Å²) in [6.45, 7) is 6.58. The van der Waals surface area contributed by atoms with Gasteiger partial charge in [-0.3, -0.25) is 9.59 Å². The predicted octanol–water partition coefficient (Wildman–Crippen LogP) is 3.75. The standard InChI is InChI=1S/C20H27NO3/c1-5-12-24-20-16(7-3)21(4)17(19(20)23)13-18(22)15-11-9-8-10-14(15)6-2/h8-11,17H,5-7,12-13H2,1-4H3. The van der Waals surface area contributed by atoms with Crippen molar-refractivity contribution in [1.29, 1.82) is 0 Å². The molecule has 1 atom stereocenters. The number of nitrogens with zero attached hydrogens (tertiary/aromatic N) is 1. The summed E-state index contributed by atoms with van der Waals surface area (Å²) in [7, 11) is 1.88. The molecule has 0 aromatic heterocycles. The number of rotatable bonds is 8. The molecule has 0 aliphatic carbocycles. The smallest absolute Gasteiger partial charge is 0.221 e. The summed E-state index contributed by atoms with van der Waals surface area (Å²) in [5.74, 6) is 0.401. The number of carbonyl (C=O) groups excluding carboxylic acids is 2. The summed E-state index contributed by atoms with van der Waals surface area (Å²) in [5.41, 5.74) is 2.65. The Morgan fingerprint density at radius 3 is 2.50 bits per heavy atom. The average molecular weight is 329 g/mol. The minimum Gasteiger partial charge on any atom is -0.488 e. The van der Waals surface area contributed by atoms with Crippen molar-refractivity contribution in [3.8, 4) is 0 Å². The molecule has 0 fully saturated rings. The highest BCUT2D eigenvalue weighted by molar-refractivity contribution is 6.06. The summed E-state index contributed by atoms with van der Waals surface area (Å²) in [5, 5.41) is 0. The molecule has 1 unspecified atom stereocenters. The number of benzene rings is 1. The minimum atomic E-state index is -0.454. The molecule has 1 aliphatic rings. The third-order valence-corrected chi connectivity index (χ3v) is 4.54. The lowest BCUT2D eigenvalue weighted by atomic mass is 9.96. The number of Topliss-reactive ketones (excluding diaryl/α,β-unsaturated/α-hetero) is 2. The van der Waals surface area contributed by atoms with Crippen LogP contribution in [0.5, 0.6) is 0 Å². The summed E-state index contributed by atoms with van der Waals surface area (Å²) in [6.07, 6.45) is 2.57. The van der Waals surface area contributed by atoms with E-state index in [2.05, 4.69) is 0 Å². The quantitative estimate of drug-likeness (QED) is 0.681. The van der Waals surface area contributed by atoms with Gasteiger partial charge in [0.1, 0.15) is 6.04 Å². The van der Waals surface area contributed by atoms with Crippen molar-refractivity contribution in [2.75, 3.05) is 13.7 Å². The molecule has 0 spiro atoms. The summed E-state index contributed by atoms with van der Waals surface area (Å²) in [4.78, 5) is 27.4. The van der Waals surface area contributed by atoms with Gasteiger partial charge in [0.15, 0.2) is 11.5 Å². The number of ketones is 2. The second kappa shape index (κ2) is 8.13. The van der Waals surface area contributed by atoms with E-state index in [9.17, 15) is 9.59 Å². The normalized spacial score (nSPS) is 17.6. The Labute approximate surface area is 144 Å². The van der Waals surface area contributed by atoms with Gasteiger partial charge in [-0.15, -0.1) is 0 Å². The number of allylic oxidation sites excluding steroid dienone is 1. The van der Waals surface area contributed by atoms with Gasteiger partial charge in [-0.1, -0.05) is 45.0 Å². The zero-order chi connectivity index (χ0) is 17.7. The number of hydrogen-bond donors (Lipinski definition) is 0. The van der Waals surface area contributed by atoms with Crippen LogP contribution < -0.4 is 0 Å². The van der Waals surface area contributed by atoms with Crippen LogP contribution in [0.2, 0.25) is 0 Å². The summed E-state index contributed by atoms with van der Waals surface area (Å²) in [6, 6.07) is 7.18. The van der Waals surface area contributed by atoms with Crippen LogP contribution in [-0.4, -0.2) is 36.2 Å². The molecule has 24 heavy (non-hydrogen) atoms. The van der Waals surface area contributed by atoms with Gasteiger partial charge < -0.3 is 9.64 Å². The van der Waals surface area contributed by atoms with Crippen LogP contribution in [0.4, 0.5) is 0 Å². The zero-order valence-corrected chi connectivity index (χ0v) is 15.1. The Kier molecular flexibility index (Phi) is 6.18. The van der Waals surface area contributed by atoms with Crippen molar-refractivity contribution in [1.82, 2.24) is 4.90 Å². The second-order valence-corrected chi connectivity index (χ2v) is 6.11. The van der Waals surface area contributed by atoms with E-state index in [0.717, 1.165) is 36.1 Å². The second-order valence-electron chi connectivity index (χ2n) is 6.11. The monoisotopic (exact) mass is 329 g/mol. The molecule has 0 saturated carbocycles. The maximum Gasteiger partial charge on any atom is 0.221 e. The van der Waals surface area contributed by atoms with Crippen LogP contribution in [-0.2, 0) is 16.0 Å². The Hall–Kier alpha value is -2.10. The first-order valence-corrected chi connectivity index (χ1v) is 8.79. The third kappa shape index (κ3) is 3.53. The lowest BCUT2D eigenvalue weighted by Crippen LogP contribution is -2.34. The van der Waals surface area contributed by atoms with Crippen molar-refractivity contribution >= 4 is 11.6 Å². The summed E-state index contributed by atoms with van der Waals surface area (Å²) < 4.78 is 5.68. The van der Waals surface area contributed by atoms with Gasteiger partial charge in [-0.25, -0.2) is 0 Å². The number of aryl methyl sites for hydroxylation is 1. The molecule has 2 rings (SSSR count). The maximum atomic E-state index is 12.7. The maximum absolute atomic E-state index is 12.7. The van der Waals surface area contributed by atoms with Gasteiger partial charge in [0.25, 0.3) is 0 Å². The van der Waals surface area contributed by atoms with Crippen molar-refractivity contribution in [3.63, 3.8) is 0 Å². The average Bonchev–Trinajstić information content (AvgIpc) is 2.83. The molecule has 130 valence electrons. The highest BCUT2D eigenvalue weighted by Gasteiger charge is 2.39. The van der Waals surface area contributed by atoms with E-state index < -0.39 is 6.04 Å². The molecule has 4 nitrogen and oxygen atoms in total. The number of likely N-dealkylation sites (N-methyl/N-ethyl adjacent to an activating group) is 1. The van der Waals surface area contributed by atoms with Gasteiger partial charge >= 0.3 is 0 Å². The number of hydrogen-bond acceptors (Lipinski definition) is 4. The fraction of sp³-hybridized carbons (Fsp3) is 0.500. The van der Waals surface area contributed by atoms with Crippen LogP contribution in [0.25, 0.3) is 0 Å². The van der Waals surface area contributed by atoms with E-state index >= 15 is 0 Å². The largest absolute Gasteiger partial charge is 0.488 e. The molecule has 1 aromatic carbocycles. The Morgan fingerprint density at radius 2 is 1.88 bits per heavy atom. The van der Waals surface area contributed by atoms with Crippen LogP contribution in [0.15, 0.2) is 35.7 Å². The lowest BCUT2D eigenvalue weighted by molar-refractivity contribution is -0.120. The molecule has 0 N–H and O–H groups in total. The van der Waals surface area contributed by atoms with Crippen LogP contribution in [0.1, 0.15) is 56.0 Å². The Balaban J connectivity index is 2.19. The van der Waals surface area contributed by atoms with Crippen LogP contribution in [0.3, 0.4) is 0 Å². The van der Waals surface area contributed by atoms with E-state index in [4.69, 9.17) is 4.74 Å². The van der Waals surface area contributed by atoms with Gasteiger partial charge in [-0.2, -0.15) is 0 Å². The third-order valence-electron chi connectivity index (χ3n) is 4.54. The lowest BCUT2D eigenvalue weighted by Gasteiger charge is -2.22. The van der Waals surface area contributed by atoms with E-state index in [1.165, 1.54) is 0 Å². The van der Waals surface area contributed by atoms with E-state index in [1.807, 2.05) is 57.0 Å². The molecule has 1 aliphatic heterocycles. The molecule has 0 radical (unpaired) electrons. The first-order chi connectivity index (χ1) is 11.5. The first-order valence-electron chi connectivity index (χ1n) is 8.79. The fourth-order valence-electron chi connectivity index (χ4n) is 3.20. The van der Waals surface area contributed by atoms with E-state index in [1.54, 1.807) is 0 Å². The molecular formula is C20H27NO3. The van der Waals surface area contributed by atoms with Crippen molar-refractivity contribution in [2.24, 2.45) is 0 Å². The summed E-state index contributed by atoms with van der Waals surface area (Å²) >= 11 is 0. The molecule has 0 bridgehead atoms. The zero-order valence-electron chi connectivity index (χ0n) is 15.1. The highest BCUT2D eigenvalue weighted by atomic mass is 16.5. The fourth-order valence-corrected chi connectivity index (χ4v) is 3.20. The van der Waals surface area contributed by atoms with Crippen LogP contribution in [0, 0.1) is 0 Å². The van der Waals surface area contributed by atoms with Crippen molar-refractivity contribution in [3.05, 3.63) is 46.8 Å². The van der Waals surface area contributed by atoms with Gasteiger partial charge in [0, 0.05) is 19.0 Å². The van der Waals surface area contributed by atoms with Gasteiger partial charge in [-0.05, 0) is 24.8 Å². The predicted molar refractivity (Wildman–Crippen MR) is 94.9 cm³/mol. The molecule has 0 saturated heterocycles. The van der Waals surface area contributed by atoms with Crippen molar-refractivity contribution < 1.29 is 14.3 Å². The van der Waals surface area contributed by atoms with Crippen LogP contribution >= 0.6 is 0 Å². The Bertz CT molecular complexity index is 648. The highest BCUT2D eigenvalue weighted by Crippen LogP contribution is 2.30. The van der Waals surface area contributed by atoms with E-state index in [0.29, 0.717) is 12.4 Å². The number of carbonyl (C=O) groups is 2. The molecular weight excluding hydrogens is 302 g/mol. The molecule has 0 amide bonds. The SMILES string of the molecule is CCCOC1=C(CC)N(C)C(CC(=O)c2ccccc2CC)C1=O. The number of ether oxygens (including phenoxy) is 1. The Morgan fingerprint density at radius 1 is 1.17 bits per heavy atom. The molecule has 4 heteroatoms. The van der Waals surface area contributed by atoms with Crippen molar-refractivity contribution in [2.45, 2.75) is 52.5 Å². The minimum absolute atomic E-state index is 0.0184. The topological polar surface area (TPSA) is 46.6 Å². The van der Waals surface area contributed by atoms with Gasteiger partial charge in [0.2, 0.25) is 5.78 Å². The molecule has 1 heterocycles. The first kappa shape index (κ1) is 18.2.